The molecule has 186 valence electrons. The van der Waals surface area contributed by atoms with E-state index in [0.29, 0.717) is 35.9 Å². The Hall–Kier alpha value is -4.41. The number of ether oxygens (including phenoxy) is 1. The highest BCUT2D eigenvalue weighted by Gasteiger charge is 2.44. The molecule has 5 rings (SSSR count). The molecule has 4 aromatic rings. The summed E-state index contributed by atoms with van der Waals surface area (Å²) < 4.78 is 9.09. The number of nitrogen functional groups attached to an aromatic ring is 1. The molecular formula is C25H28N8O3. The second-order valence-electron chi connectivity index (χ2n) is 9.32. The van der Waals surface area contributed by atoms with E-state index in [0.717, 1.165) is 22.4 Å². The highest BCUT2D eigenvalue weighted by atomic mass is 16.5. The molecule has 11 heteroatoms. The zero-order valence-corrected chi connectivity index (χ0v) is 20.9. The molecule has 11 nitrogen and oxygen atoms in total. The van der Waals surface area contributed by atoms with Crippen LogP contribution >= 0.6 is 0 Å². The zero-order valence-electron chi connectivity index (χ0n) is 20.9. The van der Waals surface area contributed by atoms with Gasteiger partial charge in [0.05, 0.1) is 24.7 Å². The van der Waals surface area contributed by atoms with Crippen molar-refractivity contribution in [2.24, 2.45) is 7.05 Å². The molecule has 0 aliphatic carbocycles. The van der Waals surface area contributed by atoms with Crippen LogP contribution in [0, 0.1) is 0 Å². The van der Waals surface area contributed by atoms with Crippen molar-refractivity contribution in [3.05, 3.63) is 43.0 Å². The Bertz CT molecular complexity index is 1500. The number of fused-ring (bicyclic) bond motifs is 1. The Balaban J connectivity index is 1.65. The van der Waals surface area contributed by atoms with E-state index in [2.05, 4.69) is 15.2 Å². The summed E-state index contributed by atoms with van der Waals surface area (Å²) in [4.78, 5) is 33.2. The second kappa shape index (κ2) is 8.36. The highest BCUT2D eigenvalue weighted by molar-refractivity contribution is 6.04. The molecule has 4 heterocycles. The molecule has 0 saturated carbocycles. The minimum absolute atomic E-state index is 0.131. The Labute approximate surface area is 208 Å². The van der Waals surface area contributed by atoms with Crippen LogP contribution in [0.4, 0.5) is 11.5 Å². The predicted molar refractivity (Wildman–Crippen MR) is 135 cm³/mol. The third-order valence-corrected chi connectivity index (χ3v) is 6.73. The number of anilines is 2. The first kappa shape index (κ1) is 23.3. The van der Waals surface area contributed by atoms with Crippen molar-refractivity contribution in [2.75, 3.05) is 30.8 Å². The second-order valence-corrected chi connectivity index (χ2v) is 9.32. The van der Waals surface area contributed by atoms with Gasteiger partial charge >= 0.3 is 0 Å². The lowest BCUT2D eigenvalue weighted by atomic mass is 9.96. The summed E-state index contributed by atoms with van der Waals surface area (Å²) in [5, 5.41) is 8.75. The molecule has 2 N–H and O–H groups in total. The van der Waals surface area contributed by atoms with Gasteiger partial charge in [-0.05, 0) is 38.1 Å². The lowest BCUT2D eigenvalue weighted by Gasteiger charge is -2.45. The summed E-state index contributed by atoms with van der Waals surface area (Å²) in [5.41, 5.74) is 9.89. The SMILES string of the molecule is COc1ccc(-c2cc(-c3cnn(C)c3)c3c(N)ncnn23)cc1N1CCN(C(C)=O)C(C)(C)C1=O. The number of nitrogens with zero attached hydrogens (tertiary/aromatic N) is 7. The number of piperazine rings is 1. The first-order chi connectivity index (χ1) is 17.1. The van der Waals surface area contributed by atoms with Gasteiger partial charge < -0.3 is 20.3 Å². The van der Waals surface area contributed by atoms with Gasteiger partial charge in [0.15, 0.2) is 5.82 Å². The third kappa shape index (κ3) is 3.55. The number of hydrogen-bond acceptors (Lipinski definition) is 7. The average Bonchev–Trinajstić information content (AvgIpc) is 3.44. The first-order valence-electron chi connectivity index (χ1n) is 11.5. The predicted octanol–water partition coefficient (Wildman–Crippen LogP) is 2.36. The fourth-order valence-corrected chi connectivity index (χ4v) is 4.92. The molecule has 1 aromatic carbocycles. The molecule has 0 atom stereocenters. The first-order valence-corrected chi connectivity index (χ1v) is 11.5. The topological polar surface area (TPSA) is 124 Å². The Morgan fingerprint density at radius 1 is 1.14 bits per heavy atom. The number of methoxy groups -OCH3 is 1. The van der Waals surface area contributed by atoms with E-state index in [1.807, 2.05) is 37.5 Å². The maximum atomic E-state index is 13.6. The summed E-state index contributed by atoms with van der Waals surface area (Å²) >= 11 is 0. The lowest BCUT2D eigenvalue weighted by Crippen LogP contribution is -2.64. The van der Waals surface area contributed by atoms with Crippen LogP contribution in [0.1, 0.15) is 20.8 Å². The third-order valence-electron chi connectivity index (χ3n) is 6.73. The van der Waals surface area contributed by atoms with Crippen LogP contribution < -0.4 is 15.4 Å². The van der Waals surface area contributed by atoms with Crippen molar-refractivity contribution in [1.29, 1.82) is 0 Å². The van der Waals surface area contributed by atoms with Gasteiger partial charge in [-0.15, -0.1) is 0 Å². The number of amides is 2. The molecule has 0 bridgehead atoms. The molecule has 2 amide bonds. The maximum Gasteiger partial charge on any atom is 0.252 e. The van der Waals surface area contributed by atoms with E-state index < -0.39 is 5.54 Å². The van der Waals surface area contributed by atoms with Crippen molar-refractivity contribution >= 4 is 28.8 Å². The number of aryl methyl sites for hydroxylation is 1. The number of aromatic nitrogens is 5. The van der Waals surface area contributed by atoms with E-state index in [1.54, 1.807) is 46.2 Å². The van der Waals surface area contributed by atoms with E-state index in [4.69, 9.17) is 10.5 Å². The van der Waals surface area contributed by atoms with Crippen molar-refractivity contribution in [2.45, 2.75) is 26.3 Å². The van der Waals surface area contributed by atoms with Crippen LogP contribution in [0.5, 0.6) is 5.75 Å². The van der Waals surface area contributed by atoms with Crippen LogP contribution in [0.2, 0.25) is 0 Å². The molecule has 36 heavy (non-hydrogen) atoms. The lowest BCUT2D eigenvalue weighted by molar-refractivity contribution is -0.145. The van der Waals surface area contributed by atoms with Gasteiger partial charge in [-0.25, -0.2) is 9.50 Å². The Kier molecular flexibility index (Phi) is 5.42. The molecule has 1 saturated heterocycles. The summed E-state index contributed by atoms with van der Waals surface area (Å²) in [6, 6.07) is 7.64. The molecule has 0 unspecified atom stereocenters. The summed E-state index contributed by atoms with van der Waals surface area (Å²) in [6.45, 7) is 5.79. The van der Waals surface area contributed by atoms with Gasteiger partial charge in [-0.1, -0.05) is 0 Å². The highest BCUT2D eigenvalue weighted by Crippen LogP contribution is 2.39. The number of carbonyl (C=O) groups excluding carboxylic acids is 2. The maximum absolute atomic E-state index is 13.6. The largest absolute Gasteiger partial charge is 0.495 e. The molecule has 1 aliphatic rings. The van der Waals surface area contributed by atoms with E-state index >= 15 is 0 Å². The van der Waals surface area contributed by atoms with Crippen LogP contribution in [0.3, 0.4) is 0 Å². The van der Waals surface area contributed by atoms with E-state index in [9.17, 15) is 9.59 Å². The van der Waals surface area contributed by atoms with E-state index in [1.165, 1.54) is 13.3 Å². The number of benzene rings is 1. The number of carbonyl (C=O) groups is 2. The van der Waals surface area contributed by atoms with Crippen molar-refractivity contribution in [3.8, 4) is 28.1 Å². The number of hydrogen-bond donors (Lipinski definition) is 1. The average molecular weight is 489 g/mol. The minimum Gasteiger partial charge on any atom is -0.495 e. The zero-order chi connectivity index (χ0) is 25.8. The molecule has 0 radical (unpaired) electrons. The van der Waals surface area contributed by atoms with Crippen molar-refractivity contribution < 1.29 is 14.3 Å². The van der Waals surface area contributed by atoms with Crippen molar-refractivity contribution in [1.82, 2.24) is 29.3 Å². The Morgan fingerprint density at radius 2 is 1.92 bits per heavy atom. The quantitative estimate of drug-likeness (QED) is 0.468. The van der Waals surface area contributed by atoms with Gasteiger partial charge in [-0.3, -0.25) is 14.3 Å². The molecule has 1 fully saturated rings. The van der Waals surface area contributed by atoms with Gasteiger partial charge in [0.1, 0.15) is 23.1 Å². The van der Waals surface area contributed by atoms with Crippen LogP contribution in [-0.4, -0.2) is 66.8 Å². The van der Waals surface area contributed by atoms with E-state index in [-0.39, 0.29) is 11.8 Å². The van der Waals surface area contributed by atoms with Crippen LogP contribution in [0.15, 0.2) is 43.0 Å². The fraction of sp³-hybridized carbons (Fsp3) is 0.320. The monoisotopic (exact) mass is 488 g/mol. The van der Waals surface area contributed by atoms with Crippen molar-refractivity contribution in [3.63, 3.8) is 0 Å². The van der Waals surface area contributed by atoms with Crippen LogP contribution in [0.25, 0.3) is 27.9 Å². The summed E-state index contributed by atoms with van der Waals surface area (Å²) in [7, 11) is 3.42. The van der Waals surface area contributed by atoms with Gasteiger partial charge in [0.25, 0.3) is 5.91 Å². The summed E-state index contributed by atoms with van der Waals surface area (Å²) in [6.07, 6.45) is 5.08. The standard InChI is InChI=1S/C25H28N8O3/c1-15(34)32-9-8-31(24(35)25(32,2)3)20-10-16(6-7-21(20)36-5)19-11-18(17-12-28-30(4)13-17)22-23(26)27-14-29-33(19)22/h6-7,10-14H,8-9H2,1-5H3,(H2,26,27,29). The molecular weight excluding hydrogens is 460 g/mol. The van der Waals surface area contributed by atoms with Gasteiger partial charge in [0, 0.05) is 49.9 Å². The number of rotatable bonds is 4. The smallest absolute Gasteiger partial charge is 0.252 e. The summed E-state index contributed by atoms with van der Waals surface area (Å²) in [5.74, 6) is 0.596. The van der Waals surface area contributed by atoms with Crippen LogP contribution in [-0.2, 0) is 16.6 Å². The molecule has 3 aromatic heterocycles. The Morgan fingerprint density at radius 3 is 2.58 bits per heavy atom. The number of nitrogens with two attached hydrogens (primary N) is 1. The molecule has 0 spiro atoms. The van der Waals surface area contributed by atoms with Gasteiger partial charge in [0.2, 0.25) is 5.91 Å². The van der Waals surface area contributed by atoms with Gasteiger partial charge in [-0.2, -0.15) is 10.2 Å². The normalized spacial score (nSPS) is 15.5. The fourth-order valence-electron chi connectivity index (χ4n) is 4.92. The molecule has 1 aliphatic heterocycles. The minimum atomic E-state index is -0.984.